The summed E-state index contributed by atoms with van der Waals surface area (Å²) in [5, 5.41) is 0. The molecular formula is C15H25N3. The lowest BCUT2D eigenvalue weighted by atomic mass is 10.1. The Morgan fingerprint density at radius 3 is 2.56 bits per heavy atom. The second-order valence-corrected chi connectivity index (χ2v) is 5.70. The van der Waals surface area contributed by atoms with Crippen LogP contribution < -0.4 is 10.6 Å². The highest BCUT2D eigenvalue weighted by molar-refractivity contribution is 5.46. The lowest BCUT2D eigenvalue weighted by Gasteiger charge is -2.32. The molecule has 0 radical (unpaired) electrons. The van der Waals surface area contributed by atoms with Crippen molar-refractivity contribution in [3.05, 3.63) is 24.0 Å². The minimum atomic E-state index is 0.522. The molecule has 1 aromatic heterocycles. The van der Waals surface area contributed by atoms with Crippen molar-refractivity contribution in [2.75, 3.05) is 11.4 Å². The van der Waals surface area contributed by atoms with E-state index in [0.29, 0.717) is 18.5 Å². The lowest BCUT2D eigenvalue weighted by Crippen LogP contribution is -2.36. The van der Waals surface area contributed by atoms with Gasteiger partial charge in [0.1, 0.15) is 0 Å². The number of hydrogen-bond acceptors (Lipinski definition) is 3. The highest BCUT2D eigenvalue weighted by Crippen LogP contribution is 2.28. The molecule has 0 atom stereocenters. The van der Waals surface area contributed by atoms with Crippen LogP contribution in [0.4, 0.5) is 5.69 Å². The number of nitrogens with zero attached hydrogens (tertiary/aromatic N) is 2. The maximum absolute atomic E-state index is 5.60. The molecule has 1 fully saturated rings. The smallest absolute Gasteiger partial charge is 0.0555 e. The Morgan fingerprint density at radius 2 is 2.06 bits per heavy atom. The summed E-state index contributed by atoms with van der Waals surface area (Å²) in [6.45, 7) is 6.20. The van der Waals surface area contributed by atoms with Crippen LogP contribution in [0.25, 0.3) is 0 Å². The topological polar surface area (TPSA) is 42.1 Å². The van der Waals surface area contributed by atoms with E-state index in [2.05, 4.69) is 35.9 Å². The molecule has 1 aromatic rings. The van der Waals surface area contributed by atoms with Gasteiger partial charge in [-0.2, -0.15) is 0 Å². The van der Waals surface area contributed by atoms with Gasteiger partial charge in [-0.15, -0.1) is 0 Å². The summed E-state index contributed by atoms with van der Waals surface area (Å²) in [5.41, 5.74) is 7.83. The van der Waals surface area contributed by atoms with E-state index >= 15 is 0 Å². The van der Waals surface area contributed by atoms with E-state index in [0.717, 1.165) is 12.2 Å². The van der Waals surface area contributed by atoms with E-state index in [-0.39, 0.29) is 0 Å². The van der Waals surface area contributed by atoms with E-state index in [4.69, 9.17) is 5.73 Å². The van der Waals surface area contributed by atoms with Crippen molar-refractivity contribution in [3.8, 4) is 0 Å². The first-order valence-electron chi connectivity index (χ1n) is 7.12. The Labute approximate surface area is 110 Å². The molecular weight excluding hydrogens is 222 g/mol. The van der Waals surface area contributed by atoms with Crippen molar-refractivity contribution in [1.82, 2.24) is 4.98 Å². The maximum atomic E-state index is 5.60. The molecule has 2 N–H and O–H groups in total. The molecule has 0 aliphatic heterocycles. The Hall–Kier alpha value is -1.09. The molecule has 18 heavy (non-hydrogen) atoms. The number of anilines is 1. The van der Waals surface area contributed by atoms with Crippen molar-refractivity contribution in [1.29, 1.82) is 0 Å². The zero-order valence-electron chi connectivity index (χ0n) is 11.6. The van der Waals surface area contributed by atoms with Gasteiger partial charge in [-0.3, -0.25) is 4.98 Å². The Kier molecular flexibility index (Phi) is 4.59. The standard InChI is InChI=1S/C15H25N3/c1-12(2)11-18(14-5-3-4-6-14)15-8-7-13(9-16)17-10-15/h7-8,10,12,14H,3-6,9,11,16H2,1-2H3. The van der Waals surface area contributed by atoms with Crippen LogP contribution in [0.3, 0.4) is 0 Å². The van der Waals surface area contributed by atoms with Crippen molar-refractivity contribution in [3.63, 3.8) is 0 Å². The van der Waals surface area contributed by atoms with Crippen LogP contribution in [0.2, 0.25) is 0 Å². The van der Waals surface area contributed by atoms with Crippen molar-refractivity contribution >= 4 is 5.69 Å². The summed E-state index contributed by atoms with van der Waals surface area (Å²) in [5.74, 6) is 0.680. The molecule has 0 spiro atoms. The van der Waals surface area contributed by atoms with Gasteiger partial charge in [0, 0.05) is 19.1 Å². The van der Waals surface area contributed by atoms with E-state index in [1.165, 1.54) is 31.4 Å². The van der Waals surface area contributed by atoms with Gasteiger partial charge < -0.3 is 10.6 Å². The van der Waals surface area contributed by atoms with Crippen LogP contribution in [0.1, 0.15) is 45.2 Å². The molecule has 1 aliphatic carbocycles. The van der Waals surface area contributed by atoms with Crippen LogP contribution in [0.15, 0.2) is 18.3 Å². The number of pyridine rings is 1. The van der Waals surface area contributed by atoms with Crippen LogP contribution >= 0.6 is 0 Å². The van der Waals surface area contributed by atoms with Crippen LogP contribution in [0.5, 0.6) is 0 Å². The third-order valence-electron chi connectivity index (χ3n) is 3.68. The summed E-state index contributed by atoms with van der Waals surface area (Å²) in [4.78, 5) is 6.98. The van der Waals surface area contributed by atoms with Gasteiger partial charge in [-0.05, 0) is 30.9 Å². The van der Waals surface area contributed by atoms with Gasteiger partial charge in [0.05, 0.1) is 17.6 Å². The Bertz CT molecular complexity index is 353. The third-order valence-corrected chi connectivity index (χ3v) is 3.68. The minimum absolute atomic E-state index is 0.522. The second-order valence-electron chi connectivity index (χ2n) is 5.70. The summed E-state index contributed by atoms with van der Waals surface area (Å²) < 4.78 is 0. The predicted octanol–water partition coefficient (Wildman–Crippen LogP) is 2.95. The molecule has 100 valence electrons. The van der Waals surface area contributed by atoms with Crippen molar-refractivity contribution < 1.29 is 0 Å². The summed E-state index contributed by atoms with van der Waals surface area (Å²) in [6.07, 6.45) is 7.38. The predicted molar refractivity (Wildman–Crippen MR) is 76.6 cm³/mol. The molecule has 0 amide bonds. The van der Waals surface area contributed by atoms with Crippen molar-refractivity contribution in [2.45, 2.75) is 52.1 Å². The number of hydrogen-bond donors (Lipinski definition) is 1. The monoisotopic (exact) mass is 247 g/mol. The van der Waals surface area contributed by atoms with Crippen LogP contribution in [0, 0.1) is 5.92 Å². The molecule has 3 nitrogen and oxygen atoms in total. The Morgan fingerprint density at radius 1 is 1.33 bits per heavy atom. The van der Waals surface area contributed by atoms with Gasteiger partial charge >= 0.3 is 0 Å². The lowest BCUT2D eigenvalue weighted by molar-refractivity contribution is 0.535. The summed E-state index contributed by atoms with van der Waals surface area (Å²) >= 11 is 0. The normalized spacial score (nSPS) is 16.4. The number of nitrogens with two attached hydrogens (primary N) is 1. The number of rotatable bonds is 5. The molecule has 0 saturated heterocycles. The highest BCUT2D eigenvalue weighted by Gasteiger charge is 2.23. The third kappa shape index (κ3) is 3.22. The first kappa shape index (κ1) is 13.3. The fourth-order valence-electron chi connectivity index (χ4n) is 2.78. The van der Waals surface area contributed by atoms with E-state index in [1.807, 2.05) is 6.20 Å². The zero-order chi connectivity index (χ0) is 13.0. The van der Waals surface area contributed by atoms with E-state index in [9.17, 15) is 0 Å². The van der Waals surface area contributed by atoms with Crippen molar-refractivity contribution in [2.24, 2.45) is 11.7 Å². The molecule has 0 aromatic carbocycles. The van der Waals surface area contributed by atoms with Gasteiger partial charge in [-0.1, -0.05) is 26.7 Å². The van der Waals surface area contributed by atoms with Gasteiger partial charge in [-0.25, -0.2) is 0 Å². The fraction of sp³-hybridized carbons (Fsp3) is 0.667. The quantitative estimate of drug-likeness (QED) is 0.870. The molecule has 1 heterocycles. The van der Waals surface area contributed by atoms with Crippen LogP contribution in [-0.2, 0) is 6.54 Å². The molecule has 1 saturated carbocycles. The Balaban J connectivity index is 2.15. The van der Waals surface area contributed by atoms with E-state index < -0.39 is 0 Å². The first-order chi connectivity index (χ1) is 8.70. The van der Waals surface area contributed by atoms with Gasteiger partial charge in [0.25, 0.3) is 0 Å². The SMILES string of the molecule is CC(C)CN(c1ccc(CN)nc1)C1CCCC1. The molecule has 1 aliphatic rings. The summed E-state index contributed by atoms with van der Waals surface area (Å²) in [7, 11) is 0. The van der Waals surface area contributed by atoms with Crippen LogP contribution in [-0.4, -0.2) is 17.6 Å². The maximum Gasteiger partial charge on any atom is 0.0555 e. The second kappa shape index (κ2) is 6.19. The zero-order valence-corrected chi connectivity index (χ0v) is 11.6. The molecule has 0 bridgehead atoms. The molecule has 2 rings (SSSR count). The largest absolute Gasteiger partial charge is 0.367 e. The van der Waals surface area contributed by atoms with Gasteiger partial charge in [0.15, 0.2) is 0 Å². The summed E-state index contributed by atoms with van der Waals surface area (Å²) in [6, 6.07) is 4.94. The first-order valence-corrected chi connectivity index (χ1v) is 7.12. The number of aromatic nitrogens is 1. The average Bonchev–Trinajstić information content (AvgIpc) is 2.89. The minimum Gasteiger partial charge on any atom is -0.367 e. The molecule has 3 heteroatoms. The van der Waals surface area contributed by atoms with Gasteiger partial charge in [0.2, 0.25) is 0 Å². The average molecular weight is 247 g/mol. The molecule has 0 unspecified atom stereocenters. The van der Waals surface area contributed by atoms with E-state index in [1.54, 1.807) is 0 Å². The fourth-order valence-corrected chi connectivity index (χ4v) is 2.78. The highest BCUT2D eigenvalue weighted by atomic mass is 15.2.